The number of esters is 1. The molecule has 336 valence electrons. The molecule has 1 atom stereocenters. The van der Waals surface area contributed by atoms with E-state index in [9.17, 15) is 32.3 Å². The number of nitrogens with one attached hydrogen (secondary N) is 1. The van der Waals surface area contributed by atoms with E-state index < -0.39 is 35.5 Å². The molecule has 2 aromatic rings. The molecule has 0 aliphatic carbocycles. The number of carbonyl (C=O) groups excluding carboxylic acids is 4. The van der Waals surface area contributed by atoms with Crippen molar-refractivity contribution in [1.29, 1.82) is 0 Å². The van der Waals surface area contributed by atoms with Crippen molar-refractivity contribution in [1.82, 2.24) is 24.5 Å². The van der Waals surface area contributed by atoms with Gasteiger partial charge >= 0.3 is 24.3 Å². The number of likely N-dealkylation sites (N-methyl/N-ethyl adjacent to an activating group) is 1. The van der Waals surface area contributed by atoms with Gasteiger partial charge in [-0.3, -0.25) is 9.59 Å². The Morgan fingerprint density at radius 3 is 2.23 bits per heavy atom. The molecule has 0 bridgehead atoms. The lowest BCUT2D eigenvalue weighted by molar-refractivity contribution is -0.144. The highest BCUT2D eigenvalue weighted by Crippen LogP contribution is 2.39. The number of amides is 4. The minimum Gasteiger partial charge on any atom is -0.497 e. The van der Waals surface area contributed by atoms with Crippen molar-refractivity contribution < 1.29 is 46.6 Å². The maximum absolute atomic E-state index is 14.2. The minimum absolute atomic E-state index is 0.0608. The number of anilines is 2. The second-order valence-electron chi connectivity index (χ2n) is 16.8. The molecule has 3 fully saturated rings. The van der Waals surface area contributed by atoms with Gasteiger partial charge in [-0.15, -0.1) is 0 Å². The maximum Gasteiger partial charge on any atom is 0.418 e. The third kappa shape index (κ3) is 12.1. The lowest BCUT2D eigenvalue weighted by Gasteiger charge is -2.41. The number of methoxy groups -OCH3 is 1. The zero-order chi connectivity index (χ0) is 43.8. The number of likely N-dealkylation sites (tertiary alicyclic amines) is 3. The number of halogens is 4. The summed E-state index contributed by atoms with van der Waals surface area (Å²) in [6.07, 6.45) is -1.91. The highest BCUT2D eigenvalue weighted by molar-refractivity contribution is 6.33. The average Bonchev–Trinajstić information content (AvgIpc) is 3.40. The molecule has 0 radical (unpaired) electrons. The van der Waals surface area contributed by atoms with Crippen LogP contribution in [0, 0.1) is 11.8 Å². The van der Waals surface area contributed by atoms with Crippen molar-refractivity contribution in [2.75, 3.05) is 97.8 Å². The molecule has 0 aromatic heterocycles. The Morgan fingerprint density at radius 2 is 1.59 bits per heavy atom. The van der Waals surface area contributed by atoms with E-state index in [4.69, 9.17) is 31.5 Å². The molecular formula is C43H59ClF3N7O7. The summed E-state index contributed by atoms with van der Waals surface area (Å²) in [7, 11) is 5.44. The predicted molar refractivity (Wildman–Crippen MR) is 224 cm³/mol. The van der Waals surface area contributed by atoms with Crippen LogP contribution in [0.2, 0.25) is 5.02 Å². The summed E-state index contributed by atoms with van der Waals surface area (Å²) in [5.41, 5.74) is 5.71. The van der Waals surface area contributed by atoms with Crippen LogP contribution in [0.15, 0.2) is 30.3 Å². The Balaban J connectivity index is 1.05. The van der Waals surface area contributed by atoms with Crippen molar-refractivity contribution in [3.05, 3.63) is 52.0 Å². The van der Waals surface area contributed by atoms with Crippen LogP contribution in [0.1, 0.15) is 61.6 Å². The van der Waals surface area contributed by atoms with Crippen LogP contribution in [0.5, 0.6) is 5.75 Å². The van der Waals surface area contributed by atoms with Gasteiger partial charge in [0.1, 0.15) is 12.4 Å². The lowest BCUT2D eigenvalue weighted by Crippen LogP contribution is -2.52. The van der Waals surface area contributed by atoms with Crippen LogP contribution in [-0.4, -0.2) is 147 Å². The molecule has 2 aromatic carbocycles. The molecule has 14 nitrogen and oxygen atoms in total. The van der Waals surface area contributed by atoms with Gasteiger partial charge in [0.2, 0.25) is 0 Å². The average molecular weight is 878 g/mol. The van der Waals surface area contributed by atoms with Gasteiger partial charge in [0.05, 0.1) is 29.8 Å². The van der Waals surface area contributed by atoms with Crippen molar-refractivity contribution >= 4 is 47.0 Å². The first-order valence-corrected chi connectivity index (χ1v) is 21.6. The first-order valence-electron chi connectivity index (χ1n) is 21.3. The van der Waals surface area contributed by atoms with Gasteiger partial charge in [-0.25, -0.2) is 9.59 Å². The smallest absolute Gasteiger partial charge is 0.418 e. The summed E-state index contributed by atoms with van der Waals surface area (Å²) in [6.45, 7) is 5.31. The second-order valence-corrected chi connectivity index (χ2v) is 17.3. The zero-order valence-electron chi connectivity index (χ0n) is 35.3. The number of benzene rings is 2. The summed E-state index contributed by atoms with van der Waals surface area (Å²) >= 11 is 6.16. The Bertz CT molecular complexity index is 1860. The number of alkyl halides is 3. The number of piperidine rings is 3. The van der Waals surface area contributed by atoms with Gasteiger partial charge < -0.3 is 49.8 Å². The standard InChI is InChI=1S/C43H59ClF3N7O7/c1-50(2)22-23-60-38(55)13-16-51-14-6-29(7-15-51)30-8-17-52(18-9-30)40(56)37(26-28-24-34(43(45,46)47)39(48)35(44)25-28)61-42(58)53-19-11-32(12-20-53)54-21-10-31-27-33(59-3)4-5-36(31)49-41(54)57/h4-5,24-25,27,29-30,32,37H,6-23,26,48H2,1-3H3,(H,49,57)/t37-/m1/s1. The monoisotopic (exact) mass is 877 g/mol. The SMILES string of the molecule is COc1ccc2c(c1)CCN(C1CCN(C(=O)O[C@H](Cc3cc(Cl)c(N)c(C(F)(F)F)c3)C(=O)N3CCC(C4CCN(CCC(=O)OCCN(C)C)CC4)CC3)CC1)C(=O)N2. The normalized spacial score (nSPS) is 19.3. The third-order valence-corrected chi connectivity index (χ3v) is 12.9. The van der Waals surface area contributed by atoms with E-state index in [1.165, 1.54) is 11.0 Å². The first kappa shape index (κ1) is 46.0. The summed E-state index contributed by atoms with van der Waals surface area (Å²) in [4.78, 5) is 62.6. The molecule has 4 heterocycles. The number of urea groups is 1. The molecule has 3 saturated heterocycles. The van der Waals surface area contributed by atoms with E-state index in [0.717, 1.165) is 56.1 Å². The fraction of sp³-hybridized carbons (Fsp3) is 0.628. The molecule has 4 amide bonds. The molecule has 61 heavy (non-hydrogen) atoms. The molecule has 3 N–H and O–H groups in total. The Hall–Kier alpha value is -4.48. The number of carbonyl (C=O) groups is 4. The lowest BCUT2D eigenvalue weighted by atomic mass is 9.78. The van der Waals surface area contributed by atoms with E-state index in [0.29, 0.717) is 82.6 Å². The third-order valence-electron chi connectivity index (χ3n) is 12.6. The molecule has 4 aliphatic rings. The van der Waals surface area contributed by atoms with Crippen LogP contribution in [0.4, 0.5) is 34.1 Å². The van der Waals surface area contributed by atoms with Gasteiger partial charge in [-0.1, -0.05) is 11.6 Å². The molecule has 0 saturated carbocycles. The predicted octanol–water partition coefficient (Wildman–Crippen LogP) is 6.00. The fourth-order valence-corrected chi connectivity index (χ4v) is 9.23. The van der Waals surface area contributed by atoms with Crippen molar-refractivity contribution in [2.24, 2.45) is 11.8 Å². The highest BCUT2D eigenvalue weighted by atomic mass is 35.5. The fourth-order valence-electron chi connectivity index (χ4n) is 8.99. The summed E-state index contributed by atoms with van der Waals surface area (Å²) in [6, 6.07) is 7.28. The van der Waals surface area contributed by atoms with Crippen LogP contribution in [0.3, 0.4) is 0 Å². The second kappa shape index (κ2) is 20.6. The molecule has 18 heteroatoms. The van der Waals surface area contributed by atoms with Gasteiger partial charge in [0.15, 0.2) is 6.10 Å². The van der Waals surface area contributed by atoms with Crippen LogP contribution in [0.25, 0.3) is 0 Å². The van der Waals surface area contributed by atoms with E-state index in [1.54, 1.807) is 23.0 Å². The summed E-state index contributed by atoms with van der Waals surface area (Å²) in [5.74, 6) is 0.883. The quantitative estimate of drug-likeness (QED) is 0.181. The minimum atomic E-state index is -4.79. The largest absolute Gasteiger partial charge is 0.497 e. The number of hydrogen-bond donors (Lipinski definition) is 2. The topological polar surface area (TPSA) is 150 Å². The number of hydrogen-bond acceptors (Lipinski definition) is 10. The first-order chi connectivity index (χ1) is 29.1. The summed E-state index contributed by atoms with van der Waals surface area (Å²) in [5, 5.41) is 2.68. The number of fused-ring (bicyclic) bond motifs is 1. The van der Waals surface area contributed by atoms with E-state index in [2.05, 4.69) is 10.2 Å². The Morgan fingerprint density at radius 1 is 0.934 bits per heavy atom. The van der Waals surface area contributed by atoms with Gasteiger partial charge in [-0.05, 0) is 125 Å². The molecular weight excluding hydrogens is 819 g/mol. The van der Waals surface area contributed by atoms with Crippen molar-refractivity contribution in [2.45, 2.75) is 76.1 Å². The summed E-state index contributed by atoms with van der Waals surface area (Å²) < 4.78 is 58.4. The van der Waals surface area contributed by atoms with Gasteiger partial charge in [-0.2, -0.15) is 13.2 Å². The van der Waals surface area contributed by atoms with E-state index >= 15 is 0 Å². The van der Waals surface area contributed by atoms with E-state index in [1.807, 2.05) is 31.1 Å². The maximum atomic E-state index is 14.2. The number of ether oxygens (including phenoxy) is 3. The highest BCUT2D eigenvalue weighted by Gasteiger charge is 2.39. The van der Waals surface area contributed by atoms with Crippen molar-refractivity contribution in [3.8, 4) is 5.75 Å². The van der Waals surface area contributed by atoms with Crippen LogP contribution >= 0.6 is 11.6 Å². The number of nitrogen functional groups attached to an aromatic ring is 1. The van der Waals surface area contributed by atoms with E-state index in [-0.39, 0.29) is 48.1 Å². The van der Waals surface area contributed by atoms with Gasteiger partial charge in [0, 0.05) is 64.0 Å². The van der Waals surface area contributed by atoms with Crippen molar-refractivity contribution in [3.63, 3.8) is 0 Å². The number of nitrogens with two attached hydrogens (primary N) is 1. The van der Waals surface area contributed by atoms with Gasteiger partial charge in [0.25, 0.3) is 5.91 Å². The molecule has 0 spiro atoms. The number of nitrogens with zero attached hydrogens (tertiary/aromatic N) is 5. The van der Waals surface area contributed by atoms with Crippen LogP contribution < -0.4 is 15.8 Å². The number of rotatable bonds is 13. The Kier molecular flexibility index (Phi) is 15.5. The van der Waals surface area contributed by atoms with Crippen LogP contribution in [-0.2, 0) is 38.1 Å². The molecule has 4 aliphatic heterocycles. The Labute approximate surface area is 360 Å². The molecule has 0 unspecified atom stereocenters. The zero-order valence-corrected chi connectivity index (χ0v) is 36.1. The molecule has 6 rings (SSSR count).